The third kappa shape index (κ3) is 3.01. The maximum absolute atomic E-state index is 12.8. The van der Waals surface area contributed by atoms with Crippen LogP contribution >= 0.6 is 0 Å². The van der Waals surface area contributed by atoms with E-state index < -0.39 is 17.8 Å². The third-order valence-electron chi connectivity index (χ3n) is 3.24. The van der Waals surface area contributed by atoms with Gasteiger partial charge in [-0.1, -0.05) is 0 Å². The Bertz CT molecular complexity index is 621. The van der Waals surface area contributed by atoms with Gasteiger partial charge in [0, 0.05) is 18.4 Å². The Balaban J connectivity index is 2.52. The zero-order valence-corrected chi connectivity index (χ0v) is 11.4. The maximum Gasteiger partial charge on any atom is 0.416 e. The molecule has 0 spiro atoms. The monoisotopic (exact) mass is 299 g/mol. The van der Waals surface area contributed by atoms with Crippen molar-refractivity contribution >= 4 is 5.69 Å². The zero-order chi connectivity index (χ0) is 15.6. The second-order valence-electron chi connectivity index (χ2n) is 4.51. The van der Waals surface area contributed by atoms with Crippen molar-refractivity contribution < 1.29 is 13.2 Å². The fourth-order valence-corrected chi connectivity index (χ4v) is 2.19. The molecule has 5 nitrogen and oxygen atoms in total. The predicted molar refractivity (Wildman–Crippen MR) is 72.9 cm³/mol. The first-order chi connectivity index (χ1) is 9.88. The first-order valence-corrected chi connectivity index (χ1v) is 6.33. The third-order valence-corrected chi connectivity index (χ3v) is 3.24. The van der Waals surface area contributed by atoms with Crippen LogP contribution in [0.3, 0.4) is 0 Å². The highest BCUT2D eigenvalue weighted by atomic mass is 19.4. The Morgan fingerprint density at radius 1 is 1.33 bits per heavy atom. The Kier molecular flexibility index (Phi) is 4.19. The highest BCUT2D eigenvalue weighted by molar-refractivity contribution is 5.52. The van der Waals surface area contributed by atoms with Crippen molar-refractivity contribution in [1.82, 2.24) is 15.2 Å². The lowest BCUT2D eigenvalue weighted by Crippen LogP contribution is -2.31. The van der Waals surface area contributed by atoms with Gasteiger partial charge in [0.1, 0.15) is 0 Å². The van der Waals surface area contributed by atoms with Crippen molar-refractivity contribution in [2.75, 3.05) is 5.73 Å². The molecule has 0 aliphatic heterocycles. The number of aryl methyl sites for hydroxylation is 1. The van der Waals surface area contributed by atoms with E-state index in [1.165, 1.54) is 6.07 Å². The van der Waals surface area contributed by atoms with Crippen molar-refractivity contribution in [1.29, 1.82) is 0 Å². The molecule has 5 N–H and O–H groups in total. The number of benzene rings is 1. The first-order valence-electron chi connectivity index (χ1n) is 6.33. The van der Waals surface area contributed by atoms with E-state index in [0.717, 1.165) is 12.1 Å². The second kappa shape index (κ2) is 5.74. The number of aromatic nitrogens is 2. The molecular weight excluding hydrogens is 283 g/mol. The number of alkyl halides is 3. The van der Waals surface area contributed by atoms with E-state index in [1.54, 1.807) is 16.9 Å². The fraction of sp³-hybridized carbons (Fsp3) is 0.308. The van der Waals surface area contributed by atoms with Crippen LogP contribution in [-0.4, -0.2) is 9.78 Å². The molecule has 1 unspecified atom stereocenters. The van der Waals surface area contributed by atoms with E-state index in [2.05, 4.69) is 10.5 Å². The van der Waals surface area contributed by atoms with E-state index in [4.69, 9.17) is 11.6 Å². The van der Waals surface area contributed by atoms with Gasteiger partial charge in [0.15, 0.2) is 0 Å². The molecule has 1 aromatic carbocycles. The van der Waals surface area contributed by atoms with E-state index >= 15 is 0 Å². The predicted octanol–water partition coefficient (Wildman–Crippen LogP) is 2.06. The number of anilines is 1. The van der Waals surface area contributed by atoms with Crippen LogP contribution in [0.5, 0.6) is 0 Å². The topological polar surface area (TPSA) is 81.9 Å². The molecule has 21 heavy (non-hydrogen) atoms. The van der Waals surface area contributed by atoms with Crippen LogP contribution in [0, 0.1) is 0 Å². The van der Waals surface area contributed by atoms with Gasteiger partial charge in [-0.2, -0.15) is 18.3 Å². The molecule has 0 saturated heterocycles. The summed E-state index contributed by atoms with van der Waals surface area (Å²) in [5.41, 5.74) is 8.69. The molecule has 0 aliphatic carbocycles. The van der Waals surface area contributed by atoms with Crippen molar-refractivity contribution in [2.45, 2.75) is 25.7 Å². The number of rotatable bonds is 4. The summed E-state index contributed by atoms with van der Waals surface area (Å²) in [6, 6.07) is 4.20. The number of nitrogens with one attached hydrogen (secondary N) is 1. The summed E-state index contributed by atoms with van der Waals surface area (Å²) in [5.74, 6) is 5.52. The smallest absolute Gasteiger partial charge is 0.398 e. The molecule has 0 fully saturated rings. The van der Waals surface area contributed by atoms with Crippen molar-refractivity contribution in [3.8, 4) is 0 Å². The van der Waals surface area contributed by atoms with Gasteiger partial charge in [-0.25, -0.2) is 5.43 Å². The molecule has 2 rings (SSSR count). The molecule has 0 aliphatic rings. The van der Waals surface area contributed by atoms with Gasteiger partial charge in [-0.15, -0.1) is 0 Å². The molecule has 0 bridgehead atoms. The van der Waals surface area contributed by atoms with E-state index in [0.29, 0.717) is 12.2 Å². The normalized spacial score (nSPS) is 13.4. The van der Waals surface area contributed by atoms with Crippen molar-refractivity contribution in [2.24, 2.45) is 5.84 Å². The lowest BCUT2D eigenvalue weighted by atomic mass is 9.99. The van der Waals surface area contributed by atoms with Crippen LogP contribution in [0.2, 0.25) is 0 Å². The number of halogens is 3. The molecule has 1 aromatic heterocycles. The minimum atomic E-state index is -4.44. The Morgan fingerprint density at radius 3 is 2.62 bits per heavy atom. The van der Waals surface area contributed by atoms with Gasteiger partial charge in [0.2, 0.25) is 0 Å². The summed E-state index contributed by atoms with van der Waals surface area (Å²) < 4.78 is 40.2. The standard InChI is InChI=1S/C13H16F3N5/c1-2-21-11(5-6-19-21)12(20-18)9-7-8(13(14,15)16)3-4-10(9)17/h3-7,12,20H,2,17-18H2,1H3. The summed E-state index contributed by atoms with van der Waals surface area (Å²) in [6.07, 6.45) is -2.88. The lowest BCUT2D eigenvalue weighted by Gasteiger charge is -2.20. The van der Waals surface area contributed by atoms with Crippen LogP contribution in [0.1, 0.15) is 29.8 Å². The lowest BCUT2D eigenvalue weighted by molar-refractivity contribution is -0.137. The summed E-state index contributed by atoms with van der Waals surface area (Å²) in [5, 5.41) is 4.09. The summed E-state index contributed by atoms with van der Waals surface area (Å²) >= 11 is 0. The molecule has 2 aromatic rings. The van der Waals surface area contributed by atoms with Crippen LogP contribution in [0.25, 0.3) is 0 Å². The Labute approximate surface area is 119 Å². The van der Waals surface area contributed by atoms with Gasteiger partial charge in [-0.05, 0) is 36.8 Å². The number of nitrogen functional groups attached to an aromatic ring is 1. The number of hydrogen-bond donors (Lipinski definition) is 3. The molecule has 0 radical (unpaired) electrons. The molecular formula is C13H16F3N5. The molecule has 1 heterocycles. The molecule has 8 heteroatoms. The number of hydrazine groups is 1. The van der Waals surface area contributed by atoms with Crippen LogP contribution < -0.4 is 17.0 Å². The number of hydrogen-bond acceptors (Lipinski definition) is 4. The fourth-order valence-electron chi connectivity index (χ4n) is 2.19. The highest BCUT2D eigenvalue weighted by Gasteiger charge is 2.32. The quantitative estimate of drug-likeness (QED) is 0.458. The molecule has 0 amide bonds. The Hall–Kier alpha value is -2.06. The first kappa shape index (κ1) is 15.3. The average Bonchev–Trinajstić information content (AvgIpc) is 2.88. The highest BCUT2D eigenvalue weighted by Crippen LogP contribution is 2.34. The van der Waals surface area contributed by atoms with Gasteiger partial charge in [-0.3, -0.25) is 10.5 Å². The molecule has 114 valence electrons. The second-order valence-corrected chi connectivity index (χ2v) is 4.51. The minimum Gasteiger partial charge on any atom is -0.398 e. The molecule has 0 saturated carbocycles. The minimum absolute atomic E-state index is 0.231. The SMILES string of the molecule is CCn1nccc1C(NN)c1cc(C(F)(F)F)ccc1N. The van der Waals surface area contributed by atoms with Crippen LogP contribution in [0.4, 0.5) is 18.9 Å². The van der Waals surface area contributed by atoms with Gasteiger partial charge >= 0.3 is 6.18 Å². The largest absolute Gasteiger partial charge is 0.416 e. The molecule has 1 atom stereocenters. The van der Waals surface area contributed by atoms with Crippen LogP contribution in [0.15, 0.2) is 30.5 Å². The van der Waals surface area contributed by atoms with E-state index in [1.807, 2.05) is 6.92 Å². The maximum atomic E-state index is 12.8. The summed E-state index contributed by atoms with van der Waals surface area (Å²) in [4.78, 5) is 0. The van der Waals surface area contributed by atoms with E-state index in [9.17, 15) is 13.2 Å². The van der Waals surface area contributed by atoms with Crippen LogP contribution in [-0.2, 0) is 12.7 Å². The van der Waals surface area contributed by atoms with E-state index in [-0.39, 0.29) is 11.3 Å². The Morgan fingerprint density at radius 2 is 2.05 bits per heavy atom. The summed E-state index contributed by atoms with van der Waals surface area (Å²) in [7, 11) is 0. The van der Waals surface area contributed by atoms with Gasteiger partial charge < -0.3 is 5.73 Å². The average molecular weight is 299 g/mol. The van der Waals surface area contributed by atoms with Gasteiger partial charge in [0.05, 0.1) is 17.3 Å². The van der Waals surface area contributed by atoms with Crippen molar-refractivity contribution in [3.05, 3.63) is 47.3 Å². The van der Waals surface area contributed by atoms with Crippen molar-refractivity contribution in [3.63, 3.8) is 0 Å². The van der Waals surface area contributed by atoms with Gasteiger partial charge in [0.25, 0.3) is 0 Å². The number of nitrogens with two attached hydrogens (primary N) is 2. The number of nitrogens with zero attached hydrogens (tertiary/aromatic N) is 2. The summed E-state index contributed by atoms with van der Waals surface area (Å²) in [6.45, 7) is 2.44. The zero-order valence-electron chi connectivity index (χ0n) is 11.4.